The molecule has 0 saturated heterocycles. The van der Waals surface area contributed by atoms with Crippen molar-refractivity contribution in [2.75, 3.05) is 11.4 Å². The number of thiazole rings is 1. The highest BCUT2D eigenvalue weighted by atomic mass is 32.1. The maximum atomic E-state index is 13.2. The van der Waals surface area contributed by atoms with Gasteiger partial charge in [-0.25, -0.2) is 9.37 Å². The zero-order valence-corrected chi connectivity index (χ0v) is 10.9. The van der Waals surface area contributed by atoms with E-state index in [2.05, 4.69) is 16.7 Å². The lowest BCUT2D eigenvalue weighted by atomic mass is 10.1. The van der Waals surface area contributed by atoms with Crippen LogP contribution in [-0.4, -0.2) is 24.1 Å². The Labute approximate surface area is 113 Å². The van der Waals surface area contributed by atoms with E-state index in [1.165, 1.54) is 23.5 Å². The molecule has 1 aromatic carbocycles. The van der Waals surface area contributed by atoms with Gasteiger partial charge in [0.25, 0.3) is 0 Å². The number of aliphatic imine (C=N–C) groups is 1. The second-order valence-corrected chi connectivity index (χ2v) is 5.02. The van der Waals surface area contributed by atoms with E-state index in [9.17, 15) is 4.39 Å². The van der Waals surface area contributed by atoms with Crippen LogP contribution in [0.15, 0.2) is 28.7 Å². The molecule has 0 fully saturated rings. The number of halogens is 1. The third-order valence-corrected chi connectivity index (χ3v) is 3.88. The first-order valence-corrected chi connectivity index (χ1v) is 6.64. The molecule has 0 aliphatic carbocycles. The number of benzene rings is 1. The van der Waals surface area contributed by atoms with Gasteiger partial charge in [-0.05, 0) is 36.9 Å². The Morgan fingerprint density at radius 2 is 2.37 bits per heavy atom. The highest BCUT2D eigenvalue weighted by molar-refractivity contribution is 7.14. The molecule has 0 spiro atoms. The van der Waals surface area contributed by atoms with Gasteiger partial charge in [-0.3, -0.25) is 10.4 Å². The summed E-state index contributed by atoms with van der Waals surface area (Å²) in [5.41, 5.74) is 3.97. The lowest BCUT2D eigenvalue weighted by Crippen LogP contribution is -2.29. The molecule has 0 unspecified atom stereocenters. The smallest absolute Gasteiger partial charge is 0.154 e. The Bertz CT molecular complexity index is 664. The Morgan fingerprint density at radius 3 is 3.16 bits per heavy atom. The lowest BCUT2D eigenvalue weighted by molar-refractivity contribution is 0.626. The molecule has 19 heavy (non-hydrogen) atoms. The summed E-state index contributed by atoms with van der Waals surface area (Å²) in [6, 6.07) is 4.65. The van der Waals surface area contributed by atoms with Gasteiger partial charge in [-0.1, -0.05) is 0 Å². The van der Waals surface area contributed by atoms with E-state index in [1.54, 1.807) is 11.6 Å². The van der Waals surface area contributed by atoms with E-state index in [1.807, 2.05) is 4.90 Å². The van der Waals surface area contributed by atoms with Gasteiger partial charge in [0.15, 0.2) is 5.84 Å². The summed E-state index contributed by atoms with van der Waals surface area (Å²) in [5.74, 6) is 0.0447. The summed E-state index contributed by atoms with van der Waals surface area (Å²) in [7, 11) is 0. The van der Waals surface area contributed by atoms with Gasteiger partial charge < -0.3 is 4.90 Å². The predicted molar refractivity (Wildman–Crippen MR) is 75.6 cm³/mol. The van der Waals surface area contributed by atoms with E-state index >= 15 is 0 Å². The van der Waals surface area contributed by atoms with Gasteiger partial charge in [-0.15, -0.1) is 11.3 Å². The third kappa shape index (κ3) is 1.94. The van der Waals surface area contributed by atoms with Crippen molar-refractivity contribution in [2.24, 2.45) is 4.99 Å². The molecule has 96 valence electrons. The fourth-order valence-electron chi connectivity index (χ4n) is 2.25. The first-order valence-electron chi connectivity index (χ1n) is 5.76. The second kappa shape index (κ2) is 4.55. The molecule has 0 bridgehead atoms. The normalized spacial score (nSPS) is 13.4. The van der Waals surface area contributed by atoms with Crippen LogP contribution in [0.5, 0.6) is 0 Å². The van der Waals surface area contributed by atoms with Crippen LogP contribution < -0.4 is 4.90 Å². The van der Waals surface area contributed by atoms with Gasteiger partial charge in [0.2, 0.25) is 0 Å². The topological polar surface area (TPSA) is 52.3 Å². The molecule has 0 radical (unpaired) electrons. The number of amidine groups is 1. The van der Waals surface area contributed by atoms with E-state index < -0.39 is 0 Å². The van der Waals surface area contributed by atoms with Crippen molar-refractivity contribution in [2.45, 2.75) is 6.42 Å². The third-order valence-electron chi connectivity index (χ3n) is 3.12. The number of nitrogens with zero attached hydrogens (tertiary/aromatic N) is 3. The molecule has 2 aromatic rings. The van der Waals surface area contributed by atoms with Crippen molar-refractivity contribution in [3.63, 3.8) is 0 Å². The van der Waals surface area contributed by atoms with Crippen LogP contribution in [0.3, 0.4) is 0 Å². The lowest BCUT2D eigenvalue weighted by Gasteiger charge is -2.19. The van der Waals surface area contributed by atoms with Crippen LogP contribution in [0.4, 0.5) is 15.1 Å². The fraction of sp³-hybridized carbons (Fsp3) is 0.154. The summed E-state index contributed by atoms with van der Waals surface area (Å²) in [5, 5.41) is 8.90. The van der Waals surface area contributed by atoms with E-state index in [-0.39, 0.29) is 11.7 Å². The van der Waals surface area contributed by atoms with Crippen LogP contribution in [-0.2, 0) is 6.42 Å². The van der Waals surface area contributed by atoms with Gasteiger partial charge >= 0.3 is 0 Å². The molecule has 0 amide bonds. The largest absolute Gasteiger partial charge is 0.324 e. The maximum Gasteiger partial charge on any atom is 0.154 e. The van der Waals surface area contributed by atoms with Crippen LogP contribution in [0, 0.1) is 11.2 Å². The van der Waals surface area contributed by atoms with E-state index in [4.69, 9.17) is 5.41 Å². The SMILES string of the molecule is C=Nc1scnc1C(=N)N1CCc2cc(F)ccc21. The highest BCUT2D eigenvalue weighted by Crippen LogP contribution is 2.32. The molecule has 2 heterocycles. The van der Waals surface area contributed by atoms with Gasteiger partial charge in [0.1, 0.15) is 16.5 Å². The Balaban J connectivity index is 1.98. The zero-order valence-electron chi connectivity index (χ0n) is 10.1. The molecular weight excluding hydrogens is 263 g/mol. The number of anilines is 1. The number of fused-ring (bicyclic) bond motifs is 1. The standard InChI is InChI=1S/C13H11FN4S/c1-16-13-11(17-7-19-13)12(15)18-5-4-8-6-9(14)2-3-10(8)18/h2-3,6-7,15H,1,4-5H2. The van der Waals surface area contributed by atoms with Crippen LogP contribution in [0.1, 0.15) is 11.3 Å². The van der Waals surface area contributed by atoms with Crippen molar-refractivity contribution in [1.82, 2.24) is 4.98 Å². The first kappa shape index (κ1) is 12.0. The van der Waals surface area contributed by atoms with Crippen molar-refractivity contribution in [1.29, 1.82) is 5.41 Å². The van der Waals surface area contributed by atoms with Crippen molar-refractivity contribution in [3.05, 3.63) is 40.8 Å². The summed E-state index contributed by atoms with van der Waals surface area (Å²) in [6.45, 7) is 4.14. The van der Waals surface area contributed by atoms with Gasteiger partial charge in [-0.2, -0.15) is 0 Å². The minimum Gasteiger partial charge on any atom is -0.324 e. The van der Waals surface area contributed by atoms with Gasteiger partial charge in [0, 0.05) is 12.2 Å². The number of rotatable bonds is 2. The molecule has 1 aliphatic heterocycles. The average molecular weight is 274 g/mol. The minimum absolute atomic E-state index is 0.241. The molecule has 0 saturated carbocycles. The Kier molecular flexibility index (Phi) is 2.87. The fourth-order valence-corrected chi connectivity index (χ4v) is 2.84. The summed E-state index contributed by atoms with van der Waals surface area (Å²) < 4.78 is 13.2. The zero-order chi connectivity index (χ0) is 13.4. The first-order chi connectivity index (χ1) is 9.20. The maximum absolute atomic E-state index is 13.2. The van der Waals surface area contributed by atoms with Crippen molar-refractivity contribution >= 4 is 34.6 Å². The van der Waals surface area contributed by atoms with Crippen LogP contribution >= 0.6 is 11.3 Å². The van der Waals surface area contributed by atoms with Crippen molar-refractivity contribution < 1.29 is 4.39 Å². The average Bonchev–Trinajstić information content (AvgIpc) is 3.03. The highest BCUT2D eigenvalue weighted by Gasteiger charge is 2.25. The Morgan fingerprint density at radius 1 is 1.53 bits per heavy atom. The molecular formula is C13H11FN4S. The predicted octanol–water partition coefficient (Wildman–Crippen LogP) is 3.00. The Hall–Kier alpha value is -2.08. The number of hydrogen-bond acceptors (Lipinski definition) is 4. The van der Waals surface area contributed by atoms with Crippen LogP contribution in [0.2, 0.25) is 0 Å². The number of aromatic nitrogens is 1. The molecule has 3 rings (SSSR count). The van der Waals surface area contributed by atoms with Crippen molar-refractivity contribution in [3.8, 4) is 0 Å². The molecule has 4 nitrogen and oxygen atoms in total. The summed E-state index contributed by atoms with van der Waals surface area (Å²) >= 11 is 1.35. The van der Waals surface area contributed by atoms with E-state index in [0.717, 1.165) is 17.7 Å². The monoisotopic (exact) mass is 274 g/mol. The van der Waals surface area contributed by atoms with Gasteiger partial charge in [0.05, 0.1) is 5.51 Å². The second-order valence-electron chi connectivity index (χ2n) is 4.19. The number of hydrogen-bond donors (Lipinski definition) is 1. The molecule has 1 aromatic heterocycles. The number of nitrogens with one attached hydrogen (secondary N) is 1. The minimum atomic E-state index is -0.241. The van der Waals surface area contributed by atoms with Crippen LogP contribution in [0.25, 0.3) is 0 Å². The molecule has 1 aliphatic rings. The van der Waals surface area contributed by atoms with E-state index in [0.29, 0.717) is 17.2 Å². The summed E-state index contributed by atoms with van der Waals surface area (Å²) in [6.07, 6.45) is 0.733. The molecule has 6 heteroatoms. The molecule has 1 N–H and O–H groups in total. The summed E-state index contributed by atoms with van der Waals surface area (Å²) in [4.78, 5) is 9.87. The quantitative estimate of drug-likeness (QED) is 0.676. The molecule has 0 atom stereocenters.